The van der Waals surface area contributed by atoms with E-state index >= 15 is 0 Å². The molecule has 0 bridgehead atoms. The van der Waals surface area contributed by atoms with Crippen LogP contribution >= 0.6 is 11.8 Å². The van der Waals surface area contributed by atoms with Gasteiger partial charge in [0.1, 0.15) is 0 Å². The number of anilines is 1. The molecule has 0 aliphatic carbocycles. The number of benzene rings is 2. The van der Waals surface area contributed by atoms with Crippen molar-refractivity contribution >= 4 is 28.1 Å². The van der Waals surface area contributed by atoms with E-state index in [1.54, 1.807) is 11.8 Å². The average molecular weight is 505 g/mol. The number of fused-ring (bicyclic) bond motifs is 6. The second kappa shape index (κ2) is 6.21. The van der Waals surface area contributed by atoms with Crippen LogP contribution in [0.25, 0.3) is 21.7 Å². The minimum Gasteiger partial charge on any atom is -0.503 e. The third kappa shape index (κ3) is 2.26. The summed E-state index contributed by atoms with van der Waals surface area (Å²) >= 11 is 1.76. The first-order chi connectivity index (χ1) is 11.4. The van der Waals surface area contributed by atoms with Gasteiger partial charge in [0.15, 0.2) is 0 Å². The van der Waals surface area contributed by atoms with Gasteiger partial charge in [-0.15, -0.1) is 5.56 Å². The molecule has 0 saturated carbocycles. The Morgan fingerprint density at radius 2 is 1.67 bits per heavy atom. The molecule has 2 aliphatic heterocycles. The van der Waals surface area contributed by atoms with Crippen LogP contribution < -0.4 is 4.90 Å². The summed E-state index contributed by atoms with van der Waals surface area (Å²) in [7, 11) is 0. The summed E-state index contributed by atoms with van der Waals surface area (Å²) in [5.41, 5.74) is 7.35. The Kier molecular flexibility index (Phi) is 4.05. The summed E-state index contributed by atoms with van der Waals surface area (Å²) in [4.78, 5) is 7.67. The van der Waals surface area contributed by atoms with Crippen LogP contribution in [0.4, 0.5) is 5.69 Å². The first-order valence-corrected chi connectivity index (χ1v) is 8.36. The van der Waals surface area contributed by atoms with E-state index in [2.05, 4.69) is 70.4 Å². The van der Waals surface area contributed by atoms with Gasteiger partial charge in [0.05, 0.1) is 0 Å². The van der Waals surface area contributed by atoms with Crippen molar-refractivity contribution in [3.8, 4) is 11.1 Å². The zero-order valence-electron chi connectivity index (χ0n) is 12.6. The number of rotatable bonds is 1. The second-order valence-electron chi connectivity index (χ2n) is 5.48. The van der Waals surface area contributed by atoms with Crippen molar-refractivity contribution in [3.05, 3.63) is 90.1 Å². The monoisotopic (exact) mass is 505 g/mol. The Bertz CT molecular complexity index is 937. The van der Waals surface area contributed by atoms with Crippen LogP contribution in [-0.4, -0.2) is 4.98 Å². The molecule has 0 fully saturated rings. The minimum absolute atomic E-state index is 0. The minimum atomic E-state index is 0. The number of para-hydroxylation sites is 1. The number of hydrogen-bond donors (Lipinski definition) is 0. The van der Waals surface area contributed by atoms with E-state index in [4.69, 9.17) is 0 Å². The molecule has 0 saturated heterocycles. The predicted octanol–water partition coefficient (Wildman–Crippen LogP) is 5.06. The van der Waals surface area contributed by atoms with E-state index in [0.717, 1.165) is 5.69 Å². The summed E-state index contributed by atoms with van der Waals surface area (Å²) in [5, 5.41) is 0. The molecule has 1 aromatic heterocycles. The van der Waals surface area contributed by atoms with Crippen molar-refractivity contribution in [1.82, 2.24) is 4.98 Å². The molecule has 0 atom stereocenters. The Hall–Kier alpha value is -1.87. The van der Waals surface area contributed by atoms with E-state index < -0.39 is 0 Å². The molecule has 1 radical (unpaired) electrons. The fourth-order valence-electron chi connectivity index (χ4n) is 3.22. The molecule has 0 N–H and O–H groups in total. The predicted molar refractivity (Wildman–Crippen MR) is 96.1 cm³/mol. The van der Waals surface area contributed by atoms with Crippen LogP contribution in [0.15, 0.2) is 67.0 Å². The van der Waals surface area contributed by atoms with Gasteiger partial charge in [0.25, 0.3) is 0 Å². The largest absolute Gasteiger partial charge is 0.503 e. The van der Waals surface area contributed by atoms with Crippen LogP contribution in [0.5, 0.6) is 0 Å². The number of hydrogen-bond acceptors (Lipinski definition) is 3. The third-order valence-electron chi connectivity index (χ3n) is 4.22. The number of aromatic nitrogens is 1. The van der Waals surface area contributed by atoms with Gasteiger partial charge < -0.3 is 4.90 Å². The van der Waals surface area contributed by atoms with Crippen molar-refractivity contribution < 1.29 is 20.1 Å². The van der Waals surface area contributed by atoms with Gasteiger partial charge in [-0.1, -0.05) is 35.5 Å². The Labute approximate surface area is 159 Å². The molecule has 0 spiro atoms. The maximum Gasteiger partial charge on any atom is 0.0293 e. The van der Waals surface area contributed by atoms with Crippen LogP contribution in [-0.2, 0) is 20.1 Å². The molecule has 0 unspecified atom stereocenters. The summed E-state index contributed by atoms with van der Waals surface area (Å²) in [6.07, 6.45) is 3.70. The van der Waals surface area contributed by atoms with Crippen molar-refractivity contribution in [2.24, 2.45) is 0 Å². The fourth-order valence-corrected chi connectivity index (χ4v) is 4.23. The van der Waals surface area contributed by atoms with E-state index in [1.807, 2.05) is 18.5 Å². The summed E-state index contributed by atoms with van der Waals surface area (Å²) in [5.74, 6) is 2.18. The normalized spacial score (nSPS) is 14.6. The molecule has 3 aromatic rings. The molecular formula is C20H12IrN2S-2. The van der Waals surface area contributed by atoms with Gasteiger partial charge >= 0.3 is 0 Å². The summed E-state index contributed by atoms with van der Waals surface area (Å²) in [6.45, 7) is 0. The molecule has 3 heterocycles. The maximum atomic E-state index is 4.14. The van der Waals surface area contributed by atoms with Crippen LogP contribution in [0, 0.1) is 11.9 Å². The van der Waals surface area contributed by atoms with Gasteiger partial charge in [-0.05, 0) is 23.3 Å². The van der Waals surface area contributed by atoms with Crippen molar-refractivity contribution in [2.75, 3.05) is 4.90 Å². The molecule has 0 amide bonds. The molecular weight excluding hydrogens is 493 g/mol. The van der Waals surface area contributed by atoms with Crippen molar-refractivity contribution in [1.29, 1.82) is 0 Å². The van der Waals surface area contributed by atoms with E-state index in [9.17, 15) is 0 Å². The standard InChI is InChI=1S/C20H12N2S.Ir/c1-2-7-17-15(5-1)16-6-3-4-8-18(16)22-13-23-20(19(17)22)14-9-11-21-12-10-14;/h1-7,9-13H;/q-2;. The smallest absolute Gasteiger partial charge is 0.0293 e. The third-order valence-corrected chi connectivity index (χ3v) is 5.20. The summed E-state index contributed by atoms with van der Waals surface area (Å²) < 4.78 is 0. The van der Waals surface area contributed by atoms with Gasteiger partial charge in [-0.3, -0.25) is 16.7 Å². The van der Waals surface area contributed by atoms with Gasteiger partial charge in [0.2, 0.25) is 0 Å². The quantitative estimate of drug-likeness (QED) is 0.431. The Morgan fingerprint density at radius 3 is 2.50 bits per heavy atom. The Morgan fingerprint density at radius 1 is 0.917 bits per heavy atom. The fraction of sp³-hybridized carbons (Fsp3) is 0. The second-order valence-corrected chi connectivity index (χ2v) is 6.34. The van der Waals surface area contributed by atoms with Crippen LogP contribution in [0.3, 0.4) is 0 Å². The molecule has 5 rings (SSSR count). The van der Waals surface area contributed by atoms with E-state index in [-0.39, 0.29) is 20.1 Å². The topological polar surface area (TPSA) is 16.1 Å². The number of nitrogens with zero attached hydrogens (tertiary/aromatic N) is 2. The summed E-state index contributed by atoms with van der Waals surface area (Å²) in [6, 6.07) is 22.4. The van der Waals surface area contributed by atoms with Gasteiger partial charge in [-0.25, -0.2) is 0 Å². The first-order valence-electron chi connectivity index (χ1n) is 7.48. The van der Waals surface area contributed by atoms with Gasteiger partial charge in [-0.2, -0.15) is 30.1 Å². The molecule has 2 aliphatic rings. The molecule has 24 heavy (non-hydrogen) atoms. The average Bonchev–Trinajstić information content (AvgIpc) is 3.08. The zero-order valence-corrected chi connectivity index (χ0v) is 15.8. The van der Waals surface area contributed by atoms with Crippen LogP contribution in [0.2, 0.25) is 0 Å². The zero-order chi connectivity index (χ0) is 15.2. The Balaban J connectivity index is 0.00000146. The molecule has 2 aromatic carbocycles. The van der Waals surface area contributed by atoms with Crippen LogP contribution in [0.1, 0.15) is 11.1 Å². The van der Waals surface area contributed by atoms with Gasteiger partial charge in [0, 0.05) is 43.1 Å². The first kappa shape index (κ1) is 15.6. The van der Waals surface area contributed by atoms with E-state index in [1.165, 1.54) is 32.9 Å². The SMILES string of the molecule is [Ir].[c-]1cccc2c1N1[CH-]SC(c3ccncc3)=C1c1ccccc1-2. The number of pyridine rings is 1. The molecule has 2 nitrogen and oxygen atoms in total. The van der Waals surface area contributed by atoms with E-state index in [0.29, 0.717) is 0 Å². The number of thioether (sulfide) groups is 1. The van der Waals surface area contributed by atoms with Crippen molar-refractivity contribution in [2.45, 2.75) is 0 Å². The molecule has 4 heteroatoms. The molecule has 119 valence electrons. The van der Waals surface area contributed by atoms with Crippen molar-refractivity contribution in [3.63, 3.8) is 0 Å². The maximum absolute atomic E-state index is 4.14.